The number of hydrogen-bond donors (Lipinski definition) is 0. The molecular weight excluding hydrogens is 212 g/mol. The second kappa shape index (κ2) is 5.80. The highest BCUT2D eigenvalue weighted by Crippen LogP contribution is 2.03. The molecule has 13 heavy (non-hydrogen) atoms. The molecule has 0 fully saturated rings. The van der Waals surface area contributed by atoms with E-state index in [1.807, 2.05) is 0 Å². The fourth-order valence-corrected chi connectivity index (χ4v) is 2.08. The molecule has 0 aromatic carbocycles. The van der Waals surface area contributed by atoms with Crippen LogP contribution in [0.25, 0.3) is 0 Å². The molecule has 0 bridgehead atoms. The fourth-order valence-electron chi connectivity index (χ4n) is 0.799. The van der Waals surface area contributed by atoms with E-state index < -0.39 is 10.2 Å². The van der Waals surface area contributed by atoms with Crippen molar-refractivity contribution >= 4 is 21.8 Å². The molecule has 6 heteroatoms. The zero-order valence-electron chi connectivity index (χ0n) is 8.33. The maximum Gasteiger partial charge on any atom is 0.281 e. The van der Waals surface area contributed by atoms with Crippen molar-refractivity contribution in [2.24, 2.45) is 0 Å². The first-order valence-corrected chi connectivity index (χ1v) is 6.13. The topological polar surface area (TPSA) is 40.6 Å². The van der Waals surface area contributed by atoms with Crippen LogP contribution in [0.4, 0.5) is 0 Å². The Bertz CT molecular complexity index is 231. The van der Waals surface area contributed by atoms with Crippen molar-refractivity contribution in [1.82, 2.24) is 8.61 Å². The van der Waals surface area contributed by atoms with Crippen molar-refractivity contribution in [3.63, 3.8) is 0 Å². The van der Waals surface area contributed by atoms with Gasteiger partial charge in [-0.2, -0.15) is 17.0 Å². The minimum Gasteiger partial charge on any atom is -0.195 e. The third-order valence-electron chi connectivity index (χ3n) is 1.84. The van der Waals surface area contributed by atoms with Gasteiger partial charge in [-0.05, 0) is 6.42 Å². The zero-order valence-corrected chi connectivity index (χ0v) is 9.90. The number of nitrogens with zero attached hydrogens (tertiary/aromatic N) is 2. The van der Waals surface area contributed by atoms with Gasteiger partial charge in [-0.3, -0.25) is 0 Å². The predicted octanol–water partition coefficient (Wildman–Crippen LogP) is 0.744. The van der Waals surface area contributed by atoms with Crippen LogP contribution >= 0.6 is 11.6 Å². The summed E-state index contributed by atoms with van der Waals surface area (Å²) >= 11 is 5.47. The normalized spacial score (nSPS) is 12.8. The molecule has 0 N–H and O–H groups in total. The first-order valence-electron chi connectivity index (χ1n) is 4.20. The predicted molar refractivity (Wildman–Crippen MR) is 55.2 cm³/mol. The van der Waals surface area contributed by atoms with Crippen molar-refractivity contribution in [3.8, 4) is 0 Å². The van der Waals surface area contributed by atoms with Crippen LogP contribution in [0.5, 0.6) is 0 Å². The van der Waals surface area contributed by atoms with Gasteiger partial charge < -0.3 is 0 Å². The van der Waals surface area contributed by atoms with Crippen LogP contribution in [-0.2, 0) is 10.2 Å². The molecule has 0 saturated carbocycles. The van der Waals surface area contributed by atoms with Gasteiger partial charge in [0.1, 0.15) is 0 Å². The lowest BCUT2D eigenvalue weighted by Gasteiger charge is -2.22. The van der Waals surface area contributed by atoms with Crippen molar-refractivity contribution in [3.05, 3.63) is 0 Å². The first kappa shape index (κ1) is 13.2. The highest BCUT2D eigenvalue weighted by atomic mass is 35.5. The Labute approximate surface area is 85.6 Å². The average molecular weight is 229 g/mol. The van der Waals surface area contributed by atoms with Gasteiger partial charge in [0.05, 0.1) is 0 Å². The van der Waals surface area contributed by atoms with E-state index in [0.717, 1.165) is 0 Å². The number of halogens is 1. The summed E-state index contributed by atoms with van der Waals surface area (Å²) in [6, 6.07) is 0. The molecule has 0 amide bonds. The second-order valence-electron chi connectivity index (χ2n) is 2.79. The van der Waals surface area contributed by atoms with Crippen molar-refractivity contribution in [1.29, 1.82) is 0 Å². The van der Waals surface area contributed by atoms with Gasteiger partial charge in [0.2, 0.25) is 0 Å². The molecule has 0 saturated heterocycles. The first-order chi connectivity index (χ1) is 5.96. The SMILES string of the molecule is CCN(C)S(=O)(=O)N(C)CCCCl. The Morgan fingerprint density at radius 1 is 1.23 bits per heavy atom. The standard InChI is InChI=1S/C7H17ClN2O2S/c1-4-9(2)13(11,12)10(3)7-5-6-8/h4-7H2,1-3H3. The van der Waals surface area contributed by atoms with Gasteiger partial charge in [0.15, 0.2) is 0 Å². The lowest BCUT2D eigenvalue weighted by molar-refractivity contribution is 0.400. The quantitative estimate of drug-likeness (QED) is 0.630. The molecule has 0 aromatic heterocycles. The van der Waals surface area contributed by atoms with E-state index in [9.17, 15) is 8.42 Å². The lowest BCUT2D eigenvalue weighted by Crippen LogP contribution is -2.39. The largest absolute Gasteiger partial charge is 0.281 e. The maximum atomic E-state index is 11.6. The summed E-state index contributed by atoms with van der Waals surface area (Å²) in [5, 5.41) is 0. The summed E-state index contributed by atoms with van der Waals surface area (Å²) in [6.07, 6.45) is 0.675. The van der Waals surface area contributed by atoms with Gasteiger partial charge in [-0.15, -0.1) is 11.6 Å². The smallest absolute Gasteiger partial charge is 0.195 e. The van der Waals surface area contributed by atoms with E-state index in [-0.39, 0.29) is 0 Å². The molecule has 0 radical (unpaired) electrons. The minimum atomic E-state index is -3.25. The lowest BCUT2D eigenvalue weighted by atomic mass is 10.5. The van der Waals surface area contributed by atoms with E-state index in [4.69, 9.17) is 11.6 Å². The summed E-state index contributed by atoms with van der Waals surface area (Å²) in [5.41, 5.74) is 0. The van der Waals surface area contributed by atoms with Gasteiger partial charge in [-0.25, -0.2) is 0 Å². The third kappa shape index (κ3) is 3.81. The summed E-state index contributed by atoms with van der Waals surface area (Å²) in [5.74, 6) is 0.482. The molecule has 80 valence electrons. The van der Waals surface area contributed by atoms with Crippen molar-refractivity contribution in [2.45, 2.75) is 13.3 Å². The Balaban J connectivity index is 4.28. The molecule has 0 unspecified atom stereocenters. The molecule has 0 aliphatic rings. The van der Waals surface area contributed by atoms with Crippen LogP contribution in [0.2, 0.25) is 0 Å². The molecule has 4 nitrogen and oxygen atoms in total. The van der Waals surface area contributed by atoms with Crippen LogP contribution in [0.1, 0.15) is 13.3 Å². The molecule has 0 spiro atoms. The van der Waals surface area contributed by atoms with Gasteiger partial charge in [0.25, 0.3) is 10.2 Å². The minimum absolute atomic E-state index is 0.468. The van der Waals surface area contributed by atoms with E-state index in [0.29, 0.717) is 25.4 Å². The Hall–Kier alpha value is 0.160. The Kier molecular flexibility index (Phi) is 5.87. The molecule has 0 aliphatic carbocycles. The third-order valence-corrected chi connectivity index (χ3v) is 4.12. The summed E-state index contributed by atoms with van der Waals surface area (Å²) < 4.78 is 25.8. The Morgan fingerprint density at radius 2 is 1.77 bits per heavy atom. The average Bonchev–Trinajstić information content (AvgIpc) is 2.12. The molecule has 0 aliphatic heterocycles. The summed E-state index contributed by atoms with van der Waals surface area (Å²) in [4.78, 5) is 0. The molecule has 0 heterocycles. The van der Waals surface area contributed by atoms with E-state index >= 15 is 0 Å². The maximum absolute atomic E-state index is 11.6. The molecular formula is C7H17ClN2O2S. The van der Waals surface area contributed by atoms with Crippen molar-refractivity contribution < 1.29 is 8.42 Å². The van der Waals surface area contributed by atoms with Crippen LogP contribution in [0.3, 0.4) is 0 Å². The fraction of sp³-hybridized carbons (Fsp3) is 1.00. The monoisotopic (exact) mass is 228 g/mol. The van der Waals surface area contributed by atoms with Gasteiger partial charge in [-0.1, -0.05) is 6.92 Å². The highest BCUT2D eigenvalue weighted by Gasteiger charge is 2.21. The number of alkyl halides is 1. The Morgan fingerprint density at radius 3 is 2.15 bits per heavy atom. The number of hydrogen-bond acceptors (Lipinski definition) is 2. The van der Waals surface area contributed by atoms with Crippen LogP contribution in [0.15, 0.2) is 0 Å². The highest BCUT2D eigenvalue weighted by molar-refractivity contribution is 7.86. The molecule has 0 rings (SSSR count). The van der Waals surface area contributed by atoms with Crippen LogP contribution < -0.4 is 0 Å². The van der Waals surface area contributed by atoms with E-state index in [1.54, 1.807) is 21.0 Å². The van der Waals surface area contributed by atoms with Crippen molar-refractivity contribution in [2.75, 3.05) is 33.1 Å². The second-order valence-corrected chi connectivity index (χ2v) is 5.31. The summed E-state index contributed by atoms with van der Waals surface area (Å²) in [6.45, 7) is 2.75. The van der Waals surface area contributed by atoms with E-state index in [2.05, 4.69) is 0 Å². The summed E-state index contributed by atoms with van der Waals surface area (Å²) in [7, 11) is -0.128. The zero-order chi connectivity index (χ0) is 10.5. The van der Waals surface area contributed by atoms with Gasteiger partial charge in [0, 0.05) is 33.1 Å². The number of rotatable bonds is 6. The van der Waals surface area contributed by atoms with E-state index in [1.165, 1.54) is 8.61 Å². The van der Waals surface area contributed by atoms with Crippen LogP contribution in [-0.4, -0.2) is 50.1 Å². The van der Waals surface area contributed by atoms with Gasteiger partial charge >= 0.3 is 0 Å². The molecule has 0 aromatic rings. The van der Waals surface area contributed by atoms with Crippen LogP contribution in [0, 0.1) is 0 Å². The molecule has 0 atom stereocenters.